The van der Waals surface area contributed by atoms with E-state index in [1.54, 1.807) is 17.8 Å². The summed E-state index contributed by atoms with van der Waals surface area (Å²) < 4.78 is 15.3. The van der Waals surface area contributed by atoms with Crippen LogP contribution in [0.15, 0.2) is 29.2 Å². The van der Waals surface area contributed by atoms with Gasteiger partial charge in [0.25, 0.3) is 0 Å². The van der Waals surface area contributed by atoms with Crippen molar-refractivity contribution in [2.45, 2.75) is 31.0 Å². The molecule has 1 aromatic heterocycles. The highest BCUT2D eigenvalue weighted by atomic mass is 32.2. The van der Waals surface area contributed by atoms with Crippen molar-refractivity contribution in [2.24, 2.45) is 0 Å². The van der Waals surface area contributed by atoms with E-state index in [1.165, 1.54) is 6.07 Å². The van der Waals surface area contributed by atoms with Gasteiger partial charge in [-0.05, 0) is 38.1 Å². The van der Waals surface area contributed by atoms with Gasteiger partial charge in [0.2, 0.25) is 0 Å². The number of aryl methyl sites for hydroxylation is 2. The van der Waals surface area contributed by atoms with Crippen LogP contribution in [-0.2, 0) is 12.3 Å². The maximum Gasteiger partial charge on any atom is 0.147 e. The molecule has 1 aromatic carbocycles. The second-order valence-corrected chi connectivity index (χ2v) is 5.11. The number of aromatic nitrogens is 2. The van der Waals surface area contributed by atoms with Gasteiger partial charge in [0.05, 0.1) is 11.4 Å². The summed E-state index contributed by atoms with van der Waals surface area (Å²) in [5.41, 5.74) is 7.80. The molecule has 1 heterocycles. The Hall–Kier alpha value is -1.49. The summed E-state index contributed by atoms with van der Waals surface area (Å²) in [5.74, 6) is 0.415. The average molecular weight is 265 g/mol. The number of halogens is 1. The first-order chi connectivity index (χ1) is 8.60. The van der Waals surface area contributed by atoms with Crippen molar-refractivity contribution in [3.63, 3.8) is 0 Å². The third-order valence-electron chi connectivity index (χ3n) is 2.64. The summed E-state index contributed by atoms with van der Waals surface area (Å²) in [6.45, 7) is 4.88. The van der Waals surface area contributed by atoms with E-state index >= 15 is 0 Å². The van der Waals surface area contributed by atoms with Gasteiger partial charge in [0.15, 0.2) is 0 Å². The molecule has 0 aliphatic carbocycles. The number of hydrogen-bond donors (Lipinski definition) is 1. The van der Waals surface area contributed by atoms with Gasteiger partial charge in [-0.3, -0.25) is 4.68 Å². The fraction of sp³-hybridized carbons (Fsp3) is 0.308. The van der Waals surface area contributed by atoms with Crippen molar-refractivity contribution in [1.29, 1.82) is 0 Å². The van der Waals surface area contributed by atoms with E-state index in [9.17, 15) is 4.39 Å². The molecule has 2 rings (SSSR count). The van der Waals surface area contributed by atoms with Crippen molar-refractivity contribution in [3.8, 4) is 0 Å². The van der Waals surface area contributed by atoms with Gasteiger partial charge >= 0.3 is 0 Å². The molecule has 0 bridgehead atoms. The molecular weight excluding hydrogens is 249 g/mol. The highest BCUT2D eigenvalue weighted by Gasteiger charge is 2.06. The van der Waals surface area contributed by atoms with E-state index in [2.05, 4.69) is 18.1 Å². The topological polar surface area (TPSA) is 43.8 Å². The van der Waals surface area contributed by atoms with Crippen LogP contribution in [0.3, 0.4) is 0 Å². The summed E-state index contributed by atoms with van der Waals surface area (Å²) in [4.78, 5) is 0.878. The maximum atomic E-state index is 13.3. The Kier molecular flexibility index (Phi) is 3.91. The lowest BCUT2D eigenvalue weighted by atomic mass is 10.3. The lowest BCUT2D eigenvalue weighted by Gasteiger charge is -2.05. The van der Waals surface area contributed by atoms with E-state index in [0.29, 0.717) is 0 Å². The molecule has 0 radical (unpaired) electrons. The molecule has 2 aromatic rings. The number of anilines is 1. The molecule has 0 aliphatic heterocycles. The van der Waals surface area contributed by atoms with Crippen LogP contribution in [0.4, 0.5) is 10.1 Å². The Bertz CT molecular complexity index is 551. The third-order valence-corrected chi connectivity index (χ3v) is 3.67. The second kappa shape index (κ2) is 5.44. The molecule has 0 amide bonds. The highest BCUT2D eigenvalue weighted by Crippen LogP contribution is 2.25. The molecular formula is C13H16FN3S. The molecule has 0 aliphatic rings. The lowest BCUT2D eigenvalue weighted by Crippen LogP contribution is -2.01. The fourth-order valence-corrected chi connectivity index (χ4v) is 2.64. The van der Waals surface area contributed by atoms with Crippen LogP contribution in [0, 0.1) is 12.7 Å². The molecule has 0 spiro atoms. The molecule has 0 fully saturated rings. The molecule has 0 saturated heterocycles. The van der Waals surface area contributed by atoms with Crippen molar-refractivity contribution in [3.05, 3.63) is 41.5 Å². The summed E-state index contributed by atoms with van der Waals surface area (Å²) in [7, 11) is 0. The van der Waals surface area contributed by atoms with Gasteiger partial charge in [0, 0.05) is 22.9 Å². The molecule has 0 atom stereocenters. The van der Waals surface area contributed by atoms with Crippen LogP contribution in [0.1, 0.15) is 18.3 Å². The molecule has 0 saturated carbocycles. The summed E-state index contributed by atoms with van der Waals surface area (Å²) in [5, 5.41) is 4.38. The van der Waals surface area contributed by atoms with Crippen LogP contribution in [0.25, 0.3) is 0 Å². The zero-order valence-electron chi connectivity index (χ0n) is 10.5. The van der Waals surface area contributed by atoms with E-state index in [0.717, 1.165) is 28.6 Å². The molecule has 5 heteroatoms. The highest BCUT2D eigenvalue weighted by molar-refractivity contribution is 7.98. The van der Waals surface area contributed by atoms with Crippen LogP contribution in [0.5, 0.6) is 0 Å². The minimum Gasteiger partial charge on any atom is -0.396 e. The van der Waals surface area contributed by atoms with Crippen molar-refractivity contribution < 1.29 is 4.39 Å². The van der Waals surface area contributed by atoms with Crippen LogP contribution < -0.4 is 5.73 Å². The second-order valence-electron chi connectivity index (χ2n) is 4.06. The molecule has 0 unspecified atom stereocenters. The quantitative estimate of drug-likeness (QED) is 0.682. The first kappa shape index (κ1) is 13.0. The standard InChI is InChI=1S/C13H16FN3S/c1-3-17-10(6-9(2)16-17)8-18-11-4-5-13(15)12(14)7-11/h4-7H,3,8,15H2,1-2H3. The molecule has 3 nitrogen and oxygen atoms in total. The van der Waals surface area contributed by atoms with Crippen molar-refractivity contribution >= 4 is 17.4 Å². The maximum absolute atomic E-state index is 13.3. The minimum absolute atomic E-state index is 0.189. The SMILES string of the molecule is CCn1nc(C)cc1CSc1ccc(N)c(F)c1. The zero-order valence-corrected chi connectivity index (χ0v) is 11.3. The van der Waals surface area contributed by atoms with E-state index in [4.69, 9.17) is 5.73 Å². The van der Waals surface area contributed by atoms with Crippen LogP contribution in [0.2, 0.25) is 0 Å². The summed E-state index contributed by atoms with van der Waals surface area (Å²) >= 11 is 1.58. The predicted molar refractivity (Wildman–Crippen MR) is 73.0 cm³/mol. The lowest BCUT2D eigenvalue weighted by molar-refractivity contribution is 0.628. The number of nitrogens with zero attached hydrogens (tertiary/aromatic N) is 2. The monoisotopic (exact) mass is 265 g/mol. The Morgan fingerprint density at radius 3 is 2.83 bits per heavy atom. The Balaban J connectivity index is 2.08. The smallest absolute Gasteiger partial charge is 0.147 e. The van der Waals surface area contributed by atoms with Gasteiger partial charge in [-0.1, -0.05) is 0 Å². The van der Waals surface area contributed by atoms with E-state index in [1.807, 2.05) is 17.7 Å². The van der Waals surface area contributed by atoms with Crippen LogP contribution >= 0.6 is 11.8 Å². The Morgan fingerprint density at radius 1 is 1.39 bits per heavy atom. The molecule has 2 N–H and O–H groups in total. The van der Waals surface area contributed by atoms with Gasteiger partial charge in [0.1, 0.15) is 5.82 Å². The zero-order chi connectivity index (χ0) is 13.1. The van der Waals surface area contributed by atoms with Gasteiger partial charge in [-0.25, -0.2) is 4.39 Å². The first-order valence-electron chi connectivity index (χ1n) is 5.81. The van der Waals surface area contributed by atoms with Crippen molar-refractivity contribution in [1.82, 2.24) is 9.78 Å². The average Bonchev–Trinajstić information content (AvgIpc) is 2.71. The normalized spacial score (nSPS) is 10.8. The Morgan fingerprint density at radius 2 is 2.17 bits per heavy atom. The van der Waals surface area contributed by atoms with Crippen LogP contribution in [-0.4, -0.2) is 9.78 Å². The van der Waals surface area contributed by atoms with E-state index in [-0.39, 0.29) is 11.5 Å². The molecule has 18 heavy (non-hydrogen) atoms. The third kappa shape index (κ3) is 2.85. The largest absolute Gasteiger partial charge is 0.396 e. The number of rotatable bonds is 4. The number of thioether (sulfide) groups is 1. The minimum atomic E-state index is -0.361. The fourth-order valence-electron chi connectivity index (χ4n) is 1.74. The van der Waals surface area contributed by atoms with Gasteiger partial charge < -0.3 is 5.73 Å². The predicted octanol–water partition coefficient (Wildman–Crippen LogP) is 3.23. The number of hydrogen-bond acceptors (Lipinski definition) is 3. The summed E-state index contributed by atoms with van der Waals surface area (Å²) in [6.07, 6.45) is 0. The molecule has 96 valence electrons. The number of nitrogens with two attached hydrogens (primary N) is 1. The van der Waals surface area contributed by atoms with E-state index < -0.39 is 0 Å². The Labute approximate surface area is 110 Å². The first-order valence-corrected chi connectivity index (χ1v) is 6.80. The summed E-state index contributed by atoms with van der Waals surface area (Å²) in [6, 6.07) is 6.96. The van der Waals surface area contributed by atoms with Gasteiger partial charge in [-0.2, -0.15) is 5.10 Å². The van der Waals surface area contributed by atoms with Crippen molar-refractivity contribution in [2.75, 3.05) is 5.73 Å². The number of benzene rings is 1. The number of nitrogen functional groups attached to an aromatic ring is 1. The van der Waals surface area contributed by atoms with Gasteiger partial charge in [-0.15, -0.1) is 11.8 Å².